The van der Waals surface area contributed by atoms with Crippen molar-refractivity contribution in [1.29, 1.82) is 0 Å². The number of hydrogen-bond donors (Lipinski definition) is 7. The molecule has 0 amide bonds. The van der Waals surface area contributed by atoms with Crippen LogP contribution in [0.1, 0.15) is 15.9 Å². The maximum Gasteiger partial charge on any atom is 0.338 e. The van der Waals surface area contributed by atoms with Crippen molar-refractivity contribution in [1.82, 2.24) is 0 Å². The van der Waals surface area contributed by atoms with Crippen LogP contribution in [0, 0.1) is 0 Å². The molecular formula is C26H32O13. The molecule has 4 rings (SSSR count). The smallest absolute Gasteiger partial charge is 0.338 e. The largest absolute Gasteiger partial charge is 0.508 e. The summed E-state index contributed by atoms with van der Waals surface area (Å²) in [6, 6.07) is 11.7. The van der Waals surface area contributed by atoms with Crippen LogP contribution < -0.4 is 0 Å². The van der Waals surface area contributed by atoms with E-state index in [1.54, 1.807) is 12.1 Å². The Morgan fingerprint density at radius 3 is 2.23 bits per heavy atom. The summed E-state index contributed by atoms with van der Waals surface area (Å²) in [5.74, 6) is -0.745. The average molecular weight is 553 g/mol. The van der Waals surface area contributed by atoms with E-state index in [0.29, 0.717) is 6.42 Å². The van der Waals surface area contributed by atoms with Crippen molar-refractivity contribution in [3.8, 4) is 11.5 Å². The van der Waals surface area contributed by atoms with E-state index in [2.05, 4.69) is 0 Å². The molecule has 2 aromatic rings. The van der Waals surface area contributed by atoms with Gasteiger partial charge in [-0.3, -0.25) is 0 Å². The summed E-state index contributed by atoms with van der Waals surface area (Å²) in [4.78, 5) is 12.3. The van der Waals surface area contributed by atoms with E-state index in [1.165, 1.54) is 36.4 Å². The zero-order valence-electron chi connectivity index (χ0n) is 20.8. The van der Waals surface area contributed by atoms with Crippen LogP contribution in [0.5, 0.6) is 11.5 Å². The number of benzene rings is 2. The fraction of sp³-hybridized carbons (Fsp3) is 0.500. The van der Waals surface area contributed by atoms with Crippen LogP contribution >= 0.6 is 0 Å². The first-order valence-electron chi connectivity index (χ1n) is 12.3. The van der Waals surface area contributed by atoms with Crippen molar-refractivity contribution < 1.29 is 64.2 Å². The average Bonchev–Trinajstić information content (AvgIpc) is 3.21. The Bertz CT molecular complexity index is 1080. The topological polar surface area (TPSA) is 205 Å². The van der Waals surface area contributed by atoms with Crippen LogP contribution in [0.2, 0.25) is 0 Å². The Balaban J connectivity index is 1.37. The molecule has 0 saturated carbocycles. The molecule has 2 aliphatic heterocycles. The van der Waals surface area contributed by atoms with E-state index in [4.69, 9.17) is 23.7 Å². The number of hydrogen-bond acceptors (Lipinski definition) is 13. The quantitative estimate of drug-likeness (QED) is 0.173. The molecule has 39 heavy (non-hydrogen) atoms. The van der Waals surface area contributed by atoms with Gasteiger partial charge in [0, 0.05) is 0 Å². The molecule has 0 radical (unpaired) electrons. The molecule has 214 valence electrons. The van der Waals surface area contributed by atoms with Crippen molar-refractivity contribution in [3.63, 3.8) is 0 Å². The van der Waals surface area contributed by atoms with Gasteiger partial charge in [-0.2, -0.15) is 0 Å². The van der Waals surface area contributed by atoms with E-state index >= 15 is 0 Å². The number of carbonyl (C=O) groups excluding carboxylic acids is 1. The Kier molecular flexibility index (Phi) is 9.38. The number of phenolic OH excluding ortho intramolecular Hbond substituents is 2. The lowest BCUT2D eigenvalue weighted by atomic mass is 9.98. The van der Waals surface area contributed by atoms with Gasteiger partial charge >= 0.3 is 5.97 Å². The van der Waals surface area contributed by atoms with E-state index in [1.807, 2.05) is 0 Å². The monoisotopic (exact) mass is 552 g/mol. The van der Waals surface area contributed by atoms with Gasteiger partial charge in [0.05, 0.1) is 25.4 Å². The van der Waals surface area contributed by atoms with Crippen LogP contribution in [-0.4, -0.2) is 117 Å². The van der Waals surface area contributed by atoms with Gasteiger partial charge in [0.15, 0.2) is 18.2 Å². The second kappa shape index (κ2) is 12.6. The Morgan fingerprint density at radius 1 is 0.949 bits per heavy atom. The maximum absolute atomic E-state index is 12.3. The first kappa shape index (κ1) is 29.1. The molecular weight excluding hydrogens is 520 g/mol. The highest BCUT2D eigenvalue weighted by Gasteiger charge is 2.54. The van der Waals surface area contributed by atoms with Crippen LogP contribution in [0.3, 0.4) is 0 Å². The molecule has 2 saturated heterocycles. The number of carbonyl (C=O) groups is 1. The fourth-order valence-electron chi connectivity index (χ4n) is 4.21. The Labute approximate surface area is 223 Å². The van der Waals surface area contributed by atoms with E-state index < -0.39 is 74.5 Å². The summed E-state index contributed by atoms with van der Waals surface area (Å²) < 4.78 is 27.5. The van der Waals surface area contributed by atoms with Gasteiger partial charge in [0.2, 0.25) is 0 Å². The SMILES string of the molecule is O=C(OCC1(O)COC(OC2C(OCCc3ccc(O)cc3)OC(CO)C(O)C2O)C1O)c1ccc(O)cc1. The number of phenols is 2. The van der Waals surface area contributed by atoms with E-state index in [9.17, 15) is 40.5 Å². The standard InChI is InChI=1S/C26H32O13/c27-11-18-19(30)20(31)21(24(38-18)35-10-9-14-1-5-16(28)6-2-14)39-25-22(32)26(34,13-37-25)12-36-23(33)15-3-7-17(29)8-4-15/h1-8,18-22,24-25,27-32,34H,9-13H2. The highest BCUT2D eigenvalue weighted by Crippen LogP contribution is 2.32. The number of aliphatic hydroxyl groups is 5. The second-order valence-electron chi connectivity index (χ2n) is 9.45. The molecule has 2 heterocycles. The maximum atomic E-state index is 12.3. The summed E-state index contributed by atoms with van der Waals surface area (Å²) in [6.07, 6.45) is -9.91. The highest BCUT2D eigenvalue weighted by atomic mass is 16.8. The lowest BCUT2D eigenvalue weighted by Crippen LogP contribution is -2.61. The summed E-state index contributed by atoms with van der Waals surface area (Å²) in [5.41, 5.74) is -1.11. The predicted molar refractivity (Wildman–Crippen MR) is 129 cm³/mol. The predicted octanol–water partition coefficient (Wildman–Crippen LogP) is -1.21. The number of rotatable bonds is 10. The minimum absolute atomic E-state index is 0.0447. The zero-order chi connectivity index (χ0) is 28.2. The number of aromatic hydroxyl groups is 2. The van der Waals surface area contributed by atoms with Crippen molar-refractivity contribution in [2.75, 3.05) is 26.4 Å². The molecule has 0 aromatic heterocycles. The third-order valence-corrected chi connectivity index (χ3v) is 6.59. The third-order valence-electron chi connectivity index (χ3n) is 6.59. The lowest BCUT2D eigenvalue weighted by molar-refractivity contribution is -0.335. The number of ether oxygens (including phenoxy) is 5. The first-order chi connectivity index (χ1) is 18.6. The number of esters is 1. The summed E-state index contributed by atoms with van der Waals surface area (Å²) in [7, 11) is 0. The molecule has 2 fully saturated rings. The van der Waals surface area contributed by atoms with Gasteiger partial charge in [-0.25, -0.2) is 4.79 Å². The first-order valence-corrected chi connectivity index (χ1v) is 12.3. The molecule has 0 aliphatic carbocycles. The van der Waals surface area contributed by atoms with Gasteiger partial charge < -0.3 is 59.4 Å². The molecule has 13 nitrogen and oxygen atoms in total. The van der Waals surface area contributed by atoms with Crippen LogP contribution in [0.25, 0.3) is 0 Å². The van der Waals surface area contributed by atoms with Crippen molar-refractivity contribution >= 4 is 5.97 Å². The molecule has 13 heteroatoms. The highest BCUT2D eigenvalue weighted by molar-refractivity contribution is 5.89. The van der Waals surface area contributed by atoms with Crippen LogP contribution in [0.15, 0.2) is 48.5 Å². The molecule has 0 bridgehead atoms. The summed E-state index contributed by atoms with van der Waals surface area (Å²) >= 11 is 0. The normalized spacial score (nSPS) is 32.7. The third kappa shape index (κ3) is 6.84. The lowest BCUT2D eigenvalue weighted by Gasteiger charge is -2.42. The van der Waals surface area contributed by atoms with Crippen molar-refractivity contribution in [2.24, 2.45) is 0 Å². The van der Waals surface area contributed by atoms with E-state index in [-0.39, 0.29) is 23.7 Å². The van der Waals surface area contributed by atoms with Gasteiger partial charge in [0.25, 0.3) is 0 Å². The molecule has 2 aromatic carbocycles. The van der Waals surface area contributed by atoms with Gasteiger partial charge in [0.1, 0.15) is 48.6 Å². The minimum Gasteiger partial charge on any atom is -0.508 e. The molecule has 7 N–H and O–H groups in total. The second-order valence-corrected chi connectivity index (χ2v) is 9.45. The van der Waals surface area contributed by atoms with Crippen molar-refractivity contribution in [2.45, 2.75) is 55.1 Å². The van der Waals surface area contributed by atoms with E-state index in [0.717, 1.165) is 5.56 Å². The zero-order valence-corrected chi connectivity index (χ0v) is 20.8. The van der Waals surface area contributed by atoms with Crippen LogP contribution in [0.4, 0.5) is 0 Å². The Morgan fingerprint density at radius 2 is 1.59 bits per heavy atom. The molecule has 0 spiro atoms. The minimum atomic E-state index is -2.06. The van der Waals surface area contributed by atoms with Crippen molar-refractivity contribution in [3.05, 3.63) is 59.7 Å². The van der Waals surface area contributed by atoms with Gasteiger partial charge in [-0.05, 0) is 48.4 Å². The van der Waals surface area contributed by atoms with Gasteiger partial charge in [-0.15, -0.1) is 0 Å². The fourth-order valence-corrected chi connectivity index (χ4v) is 4.21. The summed E-state index contributed by atoms with van der Waals surface area (Å²) in [6.45, 7) is -1.68. The number of aliphatic hydroxyl groups excluding tert-OH is 4. The Hall–Kier alpha value is -2.85. The summed E-state index contributed by atoms with van der Waals surface area (Å²) in [5, 5.41) is 70.9. The van der Waals surface area contributed by atoms with Crippen LogP contribution in [-0.2, 0) is 30.1 Å². The van der Waals surface area contributed by atoms with Gasteiger partial charge in [-0.1, -0.05) is 12.1 Å². The molecule has 8 unspecified atom stereocenters. The molecule has 8 atom stereocenters. The molecule has 2 aliphatic rings.